The topological polar surface area (TPSA) is 74.3 Å². The first-order valence-electron chi connectivity index (χ1n) is 8.38. The molecule has 0 spiro atoms. The van der Waals surface area contributed by atoms with Gasteiger partial charge in [-0.3, -0.25) is 4.90 Å². The van der Waals surface area contributed by atoms with E-state index in [0.29, 0.717) is 23.7 Å². The fourth-order valence-corrected chi connectivity index (χ4v) is 2.57. The van der Waals surface area contributed by atoms with Crippen molar-refractivity contribution in [3.05, 3.63) is 53.6 Å². The second kappa shape index (κ2) is 9.47. The average molecular weight is 373 g/mol. The molecule has 2 aromatic rings. The molecule has 0 saturated carbocycles. The summed E-state index contributed by atoms with van der Waals surface area (Å²) >= 11 is 0. The van der Waals surface area contributed by atoms with E-state index in [1.54, 1.807) is 6.92 Å². The second-order valence-corrected chi connectivity index (χ2v) is 5.51. The Balaban J connectivity index is 2.33. The fraction of sp³-hybridized carbons (Fsp3) is 0.300. The van der Waals surface area contributed by atoms with Crippen molar-refractivity contribution < 1.29 is 28.5 Å². The van der Waals surface area contributed by atoms with E-state index in [9.17, 15) is 9.59 Å². The summed E-state index contributed by atoms with van der Waals surface area (Å²) in [5.74, 6) is 0.0642. The number of amides is 1. The van der Waals surface area contributed by atoms with Crippen molar-refractivity contribution in [2.75, 3.05) is 32.8 Å². The molecule has 0 radical (unpaired) electrons. The van der Waals surface area contributed by atoms with Crippen molar-refractivity contribution in [2.24, 2.45) is 0 Å². The molecule has 2 rings (SSSR count). The van der Waals surface area contributed by atoms with Crippen LogP contribution in [0.15, 0.2) is 42.5 Å². The summed E-state index contributed by atoms with van der Waals surface area (Å²) in [7, 11) is 4.18. The number of hydrogen-bond acceptors (Lipinski definition) is 6. The number of methoxy groups -OCH3 is 3. The van der Waals surface area contributed by atoms with Gasteiger partial charge in [0.15, 0.2) is 0 Å². The Morgan fingerprint density at radius 2 is 1.56 bits per heavy atom. The number of esters is 1. The van der Waals surface area contributed by atoms with Crippen molar-refractivity contribution in [1.82, 2.24) is 0 Å². The molecule has 0 aliphatic carbocycles. The van der Waals surface area contributed by atoms with Gasteiger partial charge in [0.1, 0.15) is 23.8 Å². The van der Waals surface area contributed by atoms with E-state index >= 15 is 0 Å². The molecule has 7 nitrogen and oxygen atoms in total. The van der Waals surface area contributed by atoms with Crippen LogP contribution in [0.4, 0.5) is 10.5 Å². The predicted molar refractivity (Wildman–Crippen MR) is 101 cm³/mol. The molecule has 0 heterocycles. The van der Waals surface area contributed by atoms with E-state index in [-0.39, 0.29) is 12.2 Å². The van der Waals surface area contributed by atoms with Gasteiger partial charge in [0, 0.05) is 6.54 Å². The van der Waals surface area contributed by atoms with Crippen LogP contribution in [0, 0.1) is 0 Å². The summed E-state index contributed by atoms with van der Waals surface area (Å²) in [6.07, 6.45) is -0.552. The lowest BCUT2D eigenvalue weighted by Crippen LogP contribution is -2.32. The first-order valence-corrected chi connectivity index (χ1v) is 8.38. The van der Waals surface area contributed by atoms with Crippen molar-refractivity contribution in [3.8, 4) is 11.5 Å². The van der Waals surface area contributed by atoms with E-state index in [4.69, 9.17) is 18.9 Å². The Bertz CT molecular complexity index is 765. The molecule has 0 bridgehead atoms. The lowest BCUT2D eigenvalue weighted by atomic mass is 10.1. The van der Waals surface area contributed by atoms with Gasteiger partial charge >= 0.3 is 12.1 Å². The zero-order chi connectivity index (χ0) is 19.8. The Morgan fingerprint density at radius 3 is 2.04 bits per heavy atom. The molecule has 0 aromatic heterocycles. The van der Waals surface area contributed by atoms with Gasteiger partial charge in [-0.2, -0.15) is 0 Å². The Labute approximate surface area is 158 Å². The van der Waals surface area contributed by atoms with E-state index in [1.807, 2.05) is 30.3 Å². The maximum atomic E-state index is 12.7. The molecule has 7 heteroatoms. The molecule has 0 N–H and O–H groups in total. The van der Waals surface area contributed by atoms with Crippen molar-refractivity contribution >= 4 is 17.7 Å². The van der Waals surface area contributed by atoms with Crippen LogP contribution in [0.2, 0.25) is 0 Å². The quantitative estimate of drug-likeness (QED) is 0.690. The smallest absolute Gasteiger partial charge is 0.414 e. The highest BCUT2D eigenvalue weighted by molar-refractivity contribution is 5.96. The predicted octanol–water partition coefficient (Wildman–Crippen LogP) is 3.65. The van der Waals surface area contributed by atoms with Crippen LogP contribution in [0.1, 0.15) is 22.8 Å². The highest BCUT2D eigenvalue weighted by Gasteiger charge is 2.26. The molecule has 0 aliphatic rings. The monoisotopic (exact) mass is 373 g/mol. The van der Waals surface area contributed by atoms with Gasteiger partial charge < -0.3 is 18.9 Å². The van der Waals surface area contributed by atoms with Crippen molar-refractivity contribution in [1.29, 1.82) is 0 Å². The number of carbonyl (C=O) groups excluding carboxylic acids is 2. The molecule has 2 aromatic carbocycles. The largest absolute Gasteiger partial charge is 0.494 e. The number of anilines is 1. The van der Waals surface area contributed by atoms with E-state index in [0.717, 1.165) is 5.56 Å². The van der Waals surface area contributed by atoms with Crippen LogP contribution in [0.25, 0.3) is 0 Å². The molecule has 1 amide bonds. The van der Waals surface area contributed by atoms with Gasteiger partial charge in [0.2, 0.25) is 0 Å². The number of ether oxygens (including phenoxy) is 4. The van der Waals surface area contributed by atoms with Crippen LogP contribution < -0.4 is 14.4 Å². The molecule has 0 saturated heterocycles. The van der Waals surface area contributed by atoms with Crippen LogP contribution in [-0.4, -0.2) is 39.9 Å². The molecule has 0 unspecified atom stereocenters. The van der Waals surface area contributed by atoms with Gasteiger partial charge in [0.25, 0.3) is 0 Å². The standard InChI is InChI=1S/C20H23NO6/c1-5-21(20(23)27-13-14-9-7-6-8-10-14)18-16(24-2)11-15(19(22)26-4)12-17(18)25-3/h6-12H,5,13H2,1-4H3. The summed E-state index contributed by atoms with van der Waals surface area (Å²) in [6.45, 7) is 2.26. The number of carbonyl (C=O) groups is 2. The van der Waals surface area contributed by atoms with Gasteiger partial charge in [0.05, 0.1) is 26.9 Å². The normalized spacial score (nSPS) is 10.1. The molecular weight excluding hydrogens is 350 g/mol. The number of rotatable bonds is 7. The number of hydrogen-bond donors (Lipinski definition) is 0. The summed E-state index contributed by atoms with van der Waals surface area (Å²) in [5, 5.41) is 0. The maximum Gasteiger partial charge on any atom is 0.414 e. The third-order valence-electron chi connectivity index (χ3n) is 3.91. The Morgan fingerprint density at radius 1 is 0.963 bits per heavy atom. The van der Waals surface area contributed by atoms with Crippen LogP contribution in [0.5, 0.6) is 11.5 Å². The highest BCUT2D eigenvalue weighted by atomic mass is 16.6. The number of nitrogens with zero attached hydrogens (tertiary/aromatic N) is 1. The fourth-order valence-electron chi connectivity index (χ4n) is 2.57. The second-order valence-electron chi connectivity index (χ2n) is 5.51. The number of benzene rings is 2. The Hall–Kier alpha value is -3.22. The zero-order valence-electron chi connectivity index (χ0n) is 15.9. The van der Waals surface area contributed by atoms with E-state index < -0.39 is 12.1 Å². The lowest BCUT2D eigenvalue weighted by Gasteiger charge is -2.25. The van der Waals surface area contributed by atoms with Crippen molar-refractivity contribution in [3.63, 3.8) is 0 Å². The zero-order valence-corrected chi connectivity index (χ0v) is 15.9. The molecule has 0 aliphatic heterocycles. The molecule has 0 atom stereocenters. The van der Waals surface area contributed by atoms with Crippen LogP contribution in [-0.2, 0) is 16.1 Å². The van der Waals surface area contributed by atoms with E-state index in [1.165, 1.54) is 38.4 Å². The average Bonchev–Trinajstić information content (AvgIpc) is 2.72. The lowest BCUT2D eigenvalue weighted by molar-refractivity contribution is 0.0600. The molecular formula is C20H23NO6. The van der Waals surface area contributed by atoms with Gasteiger partial charge in [-0.05, 0) is 24.6 Å². The SMILES string of the molecule is CCN(C(=O)OCc1ccccc1)c1c(OC)cc(C(=O)OC)cc1OC. The van der Waals surface area contributed by atoms with Crippen LogP contribution in [0.3, 0.4) is 0 Å². The highest BCUT2D eigenvalue weighted by Crippen LogP contribution is 2.39. The Kier molecular flexibility index (Phi) is 7.05. The molecule has 27 heavy (non-hydrogen) atoms. The third kappa shape index (κ3) is 4.69. The van der Waals surface area contributed by atoms with E-state index in [2.05, 4.69) is 0 Å². The van der Waals surface area contributed by atoms with Gasteiger partial charge in [-0.15, -0.1) is 0 Å². The minimum absolute atomic E-state index is 0.140. The minimum Gasteiger partial charge on any atom is -0.494 e. The molecule has 0 fully saturated rings. The first-order chi connectivity index (χ1) is 13.0. The van der Waals surface area contributed by atoms with Gasteiger partial charge in [-0.25, -0.2) is 9.59 Å². The summed E-state index contributed by atoms with van der Waals surface area (Å²) < 4.78 is 20.9. The summed E-state index contributed by atoms with van der Waals surface area (Å²) in [6, 6.07) is 12.4. The van der Waals surface area contributed by atoms with Crippen molar-refractivity contribution in [2.45, 2.75) is 13.5 Å². The third-order valence-corrected chi connectivity index (χ3v) is 3.91. The van der Waals surface area contributed by atoms with Crippen LogP contribution >= 0.6 is 0 Å². The van der Waals surface area contributed by atoms with Gasteiger partial charge in [-0.1, -0.05) is 30.3 Å². The summed E-state index contributed by atoms with van der Waals surface area (Å²) in [5.41, 5.74) is 1.51. The molecule has 144 valence electrons. The summed E-state index contributed by atoms with van der Waals surface area (Å²) in [4.78, 5) is 25.9. The minimum atomic E-state index is -0.552. The first kappa shape index (κ1) is 20.1. The maximum absolute atomic E-state index is 12.7.